The third-order valence-electron chi connectivity index (χ3n) is 2.37. The zero-order valence-corrected chi connectivity index (χ0v) is 13.5. The smallest absolute Gasteiger partial charge is 0.303 e. The van der Waals surface area contributed by atoms with Gasteiger partial charge < -0.3 is 10.4 Å². The van der Waals surface area contributed by atoms with E-state index in [0.29, 0.717) is 18.7 Å². The quantitative estimate of drug-likeness (QED) is 0.760. The summed E-state index contributed by atoms with van der Waals surface area (Å²) in [4.78, 5) is 27.5. The minimum absolute atomic E-state index is 0.0474. The van der Waals surface area contributed by atoms with Crippen molar-refractivity contribution in [3.8, 4) is 9.88 Å². The summed E-state index contributed by atoms with van der Waals surface area (Å²) >= 11 is 6.36. The molecule has 0 bridgehead atoms. The van der Waals surface area contributed by atoms with Crippen LogP contribution in [-0.4, -0.2) is 28.5 Å². The number of thiophene rings is 1. The Labute approximate surface area is 131 Å². The number of aliphatic carboxylic acids is 1. The molecule has 2 aromatic rings. The highest BCUT2D eigenvalue weighted by molar-refractivity contribution is 9.11. The fourth-order valence-corrected chi connectivity index (χ4v) is 3.71. The van der Waals surface area contributed by atoms with Gasteiger partial charge in [-0.25, -0.2) is 4.98 Å². The van der Waals surface area contributed by atoms with Gasteiger partial charge >= 0.3 is 5.97 Å². The number of rotatable bonds is 6. The molecule has 0 unspecified atom stereocenters. The van der Waals surface area contributed by atoms with Crippen LogP contribution >= 0.6 is 38.6 Å². The van der Waals surface area contributed by atoms with Gasteiger partial charge in [-0.2, -0.15) is 0 Å². The van der Waals surface area contributed by atoms with E-state index in [1.165, 1.54) is 11.3 Å². The number of carboxylic acids is 1. The first-order valence-corrected chi connectivity index (χ1v) is 8.26. The lowest BCUT2D eigenvalue weighted by Crippen LogP contribution is -2.25. The van der Waals surface area contributed by atoms with Gasteiger partial charge in [0.25, 0.3) is 5.91 Å². The maximum Gasteiger partial charge on any atom is 0.303 e. The fraction of sp³-hybridized carbons (Fsp3) is 0.250. The molecule has 8 heteroatoms. The summed E-state index contributed by atoms with van der Waals surface area (Å²) in [5.41, 5.74) is 0.366. The van der Waals surface area contributed by atoms with Gasteiger partial charge in [-0.1, -0.05) is 0 Å². The van der Waals surface area contributed by atoms with Crippen LogP contribution in [0.5, 0.6) is 0 Å². The maximum atomic E-state index is 11.8. The zero-order valence-electron chi connectivity index (χ0n) is 10.3. The number of carbonyl (C=O) groups is 2. The van der Waals surface area contributed by atoms with Crippen LogP contribution in [0.25, 0.3) is 9.88 Å². The van der Waals surface area contributed by atoms with Crippen molar-refractivity contribution in [3.05, 3.63) is 27.0 Å². The highest BCUT2D eigenvalue weighted by atomic mass is 79.9. The number of aromatic nitrogens is 1. The Kier molecular flexibility index (Phi) is 5.27. The van der Waals surface area contributed by atoms with Gasteiger partial charge in [0.1, 0.15) is 10.7 Å². The van der Waals surface area contributed by atoms with Crippen LogP contribution in [0.4, 0.5) is 0 Å². The van der Waals surface area contributed by atoms with Crippen LogP contribution in [-0.2, 0) is 4.79 Å². The average Bonchev–Trinajstić information content (AvgIpc) is 3.02. The minimum Gasteiger partial charge on any atom is -0.481 e. The molecule has 0 fully saturated rings. The van der Waals surface area contributed by atoms with Crippen LogP contribution in [0.2, 0.25) is 0 Å². The van der Waals surface area contributed by atoms with E-state index >= 15 is 0 Å². The lowest BCUT2D eigenvalue weighted by atomic mass is 10.3. The van der Waals surface area contributed by atoms with Crippen molar-refractivity contribution >= 4 is 50.5 Å². The Morgan fingerprint density at radius 2 is 2.20 bits per heavy atom. The SMILES string of the molecule is O=C(O)CCCNC(=O)c1csc(-c2ccc(Br)s2)n1. The van der Waals surface area contributed by atoms with Gasteiger partial charge in [-0.15, -0.1) is 22.7 Å². The normalized spacial score (nSPS) is 10.4. The highest BCUT2D eigenvalue weighted by Crippen LogP contribution is 2.33. The van der Waals surface area contributed by atoms with Gasteiger partial charge in [0.05, 0.1) is 8.66 Å². The van der Waals surface area contributed by atoms with E-state index in [2.05, 4.69) is 26.2 Å². The largest absolute Gasteiger partial charge is 0.481 e. The first-order valence-electron chi connectivity index (χ1n) is 5.77. The summed E-state index contributed by atoms with van der Waals surface area (Å²) in [5.74, 6) is -1.13. The summed E-state index contributed by atoms with van der Waals surface area (Å²) in [6.45, 7) is 0.336. The second kappa shape index (κ2) is 6.96. The molecule has 0 saturated carbocycles. The average molecular weight is 375 g/mol. The Hall–Kier alpha value is -1.25. The topological polar surface area (TPSA) is 79.3 Å². The molecule has 0 aliphatic carbocycles. The summed E-state index contributed by atoms with van der Waals surface area (Å²) in [5, 5.41) is 13.7. The molecule has 0 radical (unpaired) electrons. The van der Waals surface area contributed by atoms with Crippen molar-refractivity contribution in [2.75, 3.05) is 6.54 Å². The van der Waals surface area contributed by atoms with E-state index in [0.717, 1.165) is 13.7 Å². The van der Waals surface area contributed by atoms with Crippen LogP contribution < -0.4 is 5.32 Å². The lowest BCUT2D eigenvalue weighted by Gasteiger charge is -2.00. The molecular weight excluding hydrogens is 364 g/mol. The van der Waals surface area contributed by atoms with Crippen LogP contribution in [0, 0.1) is 0 Å². The van der Waals surface area contributed by atoms with Crippen molar-refractivity contribution in [2.45, 2.75) is 12.8 Å². The van der Waals surface area contributed by atoms with E-state index in [1.807, 2.05) is 12.1 Å². The number of nitrogens with one attached hydrogen (secondary N) is 1. The zero-order chi connectivity index (χ0) is 14.5. The Morgan fingerprint density at radius 3 is 2.85 bits per heavy atom. The van der Waals surface area contributed by atoms with Gasteiger partial charge in [0.15, 0.2) is 0 Å². The van der Waals surface area contributed by atoms with E-state index in [4.69, 9.17) is 5.11 Å². The summed E-state index contributed by atoms with van der Waals surface area (Å²) < 4.78 is 1.02. The number of carboxylic acid groups (broad SMARTS) is 1. The Morgan fingerprint density at radius 1 is 1.40 bits per heavy atom. The lowest BCUT2D eigenvalue weighted by molar-refractivity contribution is -0.137. The molecular formula is C12H11BrN2O3S2. The number of nitrogens with zero attached hydrogens (tertiary/aromatic N) is 1. The third-order valence-corrected chi connectivity index (χ3v) is 5.01. The van der Waals surface area contributed by atoms with E-state index in [-0.39, 0.29) is 12.3 Å². The molecule has 1 amide bonds. The standard InChI is InChI=1S/C12H11BrN2O3S2/c13-9-4-3-8(20-9)12-15-7(6-19-12)11(18)14-5-1-2-10(16)17/h3-4,6H,1-2,5H2,(H,14,18)(H,16,17). The molecule has 0 spiro atoms. The van der Waals surface area contributed by atoms with Crippen LogP contribution in [0.1, 0.15) is 23.3 Å². The summed E-state index contributed by atoms with van der Waals surface area (Å²) in [6, 6.07) is 3.88. The number of carbonyl (C=O) groups excluding carboxylic acids is 1. The molecule has 0 aromatic carbocycles. The minimum atomic E-state index is -0.863. The Bertz CT molecular complexity index is 624. The fourth-order valence-electron chi connectivity index (χ4n) is 1.45. The summed E-state index contributed by atoms with van der Waals surface area (Å²) in [6.07, 6.45) is 0.460. The number of halogens is 1. The van der Waals surface area contributed by atoms with Crippen LogP contribution in [0.3, 0.4) is 0 Å². The van der Waals surface area contributed by atoms with Crippen molar-refractivity contribution in [1.29, 1.82) is 0 Å². The second-order valence-corrected chi connectivity index (χ2v) is 7.22. The van der Waals surface area contributed by atoms with E-state index in [1.54, 1.807) is 16.7 Å². The molecule has 2 heterocycles. The molecule has 2 rings (SSSR count). The van der Waals surface area contributed by atoms with Crippen molar-refractivity contribution in [2.24, 2.45) is 0 Å². The monoisotopic (exact) mass is 374 g/mol. The van der Waals surface area contributed by atoms with Crippen LogP contribution in [0.15, 0.2) is 21.3 Å². The highest BCUT2D eigenvalue weighted by Gasteiger charge is 2.12. The van der Waals surface area contributed by atoms with E-state index in [9.17, 15) is 9.59 Å². The van der Waals surface area contributed by atoms with Crippen molar-refractivity contribution < 1.29 is 14.7 Å². The molecule has 0 aliphatic heterocycles. The second-order valence-electron chi connectivity index (χ2n) is 3.89. The van der Waals surface area contributed by atoms with E-state index < -0.39 is 5.97 Å². The molecule has 0 saturated heterocycles. The Balaban J connectivity index is 1.91. The predicted octanol–water partition coefficient (Wildman–Crippen LogP) is 3.23. The van der Waals surface area contributed by atoms with Crippen molar-refractivity contribution in [1.82, 2.24) is 10.3 Å². The number of hydrogen-bond donors (Lipinski definition) is 2. The van der Waals surface area contributed by atoms with Gasteiger partial charge in [-0.05, 0) is 34.5 Å². The number of thiazole rings is 1. The molecule has 106 valence electrons. The first kappa shape index (κ1) is 15.1. The third kappa shape index (κ3) is 4.12. The molecule has 0 aliphatic rings. The van der Waals surface area contributed by atoms with Gasteiger partial charge in [-0.3, -0.25) is 9.59 Å². The molecule has 2 N–H and O–H groups in total. The molecule has 0 atom stereocenters. The van der Waals surface area contributed by atoms with Crippen molar-refractivity contribution in [3.63, 3.8) is 0 Å². The maximum absolute atomic E-state index is 11.8. The first-order chi connectivity index (χ1) is 9.56. The van der Waals surface area contributed by atoms with Gasteiger partial charge in [0, 0.05) is 18.3 Å². The molecule has 20 heavy (non-hydrogen) atoms. The predicted molar refractivity (Wildman–Crippen MR) is 82.3 cm³/mol. The molecule has 2 aromatic heterocycles. The van der Waals surface area contributed by atoms with Gasteiger partial charge in [0.2, 0.25) is 0 Å². The number of amides is 1. The number of hydrogen-bond acceptors (Lipinski definition) is 5. The molecule has 5 nitrogen and oxygen atoms in total. The summed E-state index contributed by atoms with van der Waals surface area (Å²) in [7, 11) is 0.